The van der Waals surface area contributed by atoms with Gasteiger partial charge >= 0.3 is 5.97 Å². The second-order valence-electron chi connectivity index (χ2n) is 5.69. The highest BCUT2D eigenvalue weighted by Crippen LogP contribution is 2.27. The molecule has 0 radical (unpaired) electrons. The molecule has 7 nitrogen and oxygen atoms in total. The fraction of sp³-hybridized carbons (Fsp3) is 0.333. The van der Waals surface area contributed by atoms with E-state index in [1.165, 1.54) is 16.8 Å². The minimum atomic E-state index is -4.07. The first kappa shape index (κ1) is 16.6. The lowest BCUT2D eigenvalue weighted by atomic mass is 10.2. The zero-order chi connectivity index (χ0) is 17.5. The van der Waals surface area contributed by atoms with Crippen LogP contribution in [0.4, 0.5) is 4.39 Å². The Hall–Kier alpha value is -2.26. The minimum absolute atomic E-state index is 0.112. The highest BCUT2D eigenvalue weighted by molar-refractivity contribution is 7.89. The number of aryl methyl sites for hydroxylation is 1. The highest BCUT2D eigenvalue weighted by atomic mass is 32.2. The van der Waals surface area contributed by atoms with E-state index in [4.69, 9.17) is 5.11 Å². The lowest BCUT2D eigenvalue weighted by Crippen LogP contribution is -2.40. The molecule has 0 bridgehead atoms. The van der Waals surface area contributed by atoms with Crippen molar-refractivity contribution in [1.82, 2.24) is 14.1 Å². The Morgan fingerprint density at radius 2 is 2.17 bits per heavy atom. The summed E-state index contributed by atoms with van der Waals surface area (Å²) in [6, 6.07) is 2.38. The average molecular weight is 353 g/mol. The second-order valence-corrected chi connectivity index (χ2v) is 7.58. The Morgan fingerprint density at radius 1 is 1.42 bits per heavy atom. The molecule has 0 saturated carbocycles. The van der Waals surface area contributed by atoms with Gasteiger partial charge in [0.25, 0.3) is 0 Å². The van der Waals surface area contributed by atoms with Gasteiger partial charge in [-0.2, -0.15) is 9.40 Å². The number of carboxylic acids is 1. The van der Waals surface area contributed by atoms with Gasteiger partial charge in [-0.15, -0.1) is 0 Å². The molecule has 1 aromatic heterocycles. The molecule has 1 aliphatic rings. The first-order valence-corrected chi connectivity index (χ1v) is 8.80. The number of nitrogens with zero attached hydrogens (tertiary/aromatic N) is 3. The third-order valence-electron chi connectivity index (χ3n) is 3.97. The molecule has 1 aliphatic heterocycles. The van der Waals surface area contributed by atoms with Crippen molar-refractivity contribution in [2.45, 2.75) is 30.7 Å². The summed E-state index contributed by atoms with van der Waals surface area (Å²) in [5.41, 5.74) is 0.964. The molecule has 1 fully saturated rings. The highest BCUT2D eigenvalue weighted by Gasteiger charge is 2.39. The summed E-state index contributed by atoms with van der Waals surface area (Å²) in [6.45, 7) is 1.92. The monoisotopic (exact) mass is 353 g/mol. The van der Waals surface area contributed by atoms with Gasteiger partial charge in [-0.1, -0.05) is 0 Å². The molecule has 0 amide bonds. The van der Waals surface area contributed by atoms with Gasteiger partial charge in [0.1, 0.15) is 17.5 Å². The van der Waals surface area contributed by atoms with Crippen LogP contribution in [0.3, 0.4) is 0 Å². The van der Waals surface area contributed by atoms with Gasteiger partial charge in [-0.05, 0) is 43.5 Å². The van der Waals surface area contributed by atoms with E-state index in [9.17, 15) is 17.6 Å². The number of sulfonamides is 1. The zero-order valence-electron chi connectivity index (χ0n) is 12.9. The molecule has 2 heterocycles. The number of carboxylic acid groups (broad SMARTS) is 1. The number of aromatic nitrogens is 2. The summed E-state index contributed by atoms with van der Waals surface area (Å²) in [5.74, 6) is -1.94. The van der Waals surface area contributed by atoms with Crippen molar-refractivity contribution in [3.63, 3.8) is 0 Å². The van der Waals surface area contributed by atoms with Gasteiger partial charge in [0.05, 0.1) is 11.1 Å². The van der Waals surface area contributed by atoms with Gasteiger partial charge in [0.15, 0.2) is 0 Å². The molecule has 1 N–H and O–H groups in total. The number of rotatable bonds is 4. The number of halogens is 1. The Balaban J connectivity index is 1.97. The summed E-state index contributed by atoms with van der Waals surface area (Å²) < 4.78 is 41.8. The van der Waals surface area contributed by atoms with Crippen LogP contribution in [0.5, 0.6) is 0 Å². The van der Waals surface area contributed by atoms with Crippen LogP contribution in [0.1, 0.15) is 18.4 Å². The van der Waals surface area contributed by atoms with E-state index in [1.54, 1.807) is 19.3 Å². The number of aliphatic carboxylic acids is 1. The molecule has 9 heteroatoms. The first-order valence-electron chi connectivity index (χ1n) is 7.36. The van der Waals surface area contributed by atoms with Crippen LogP contribution in [0.25, 0.3) is 5.69 Å². The molecule has 2 aromatic rings. The Kier molecular flexibility index (Phi) is 4.14. The fourth-order valence-corrected chi connectivity index (χ4v) is 4.45. The van der Waals surface area contributed by atoms with E-state index < -0.39 is 27.9 Å². The molecule has 0 aliphatic carbocycles. The molecule has 1 unspecified atom stereocenters. The van der Waals surface area contributed by atoms with Crippen LogP contribution in [-0.2, 0) is 14.8 Å². The Morgan fingerprint density at radius 3 is 2.75 bits per heavy atom. The predicted molar refractivity (Wildman–Crippen MR) is 82.8 cm³/mol. The molecule has 128 valence electrons. The lowest BCUT2D eigenvalue weighted by molar-refractivity contribution is -0.140. The molecular formula is C15H16FN3O4S. The zero-order valence-corrected chi connectivity index (χ0v) is 13.7. The van der Waals surface area contributed by atoms with Gasteiger partial charge in [-0.25, -0.2) is 17.5 Å². The van der Waals surface area contributed by atoms with Gasteiger partial charge in [0.2, 0.25) is 10.0 Å². The van der Waals surface area contributed by atoms with Crippen molar-refractivity contribution >= 4 is 16.0 Å². The van der Waals surface area contributed by atoms with Crippen molar-refractivity contribution in [2.75, 3.05) is 6.54 Å². The molecule has 0 spiro atoms. The van der Waals surface area contributed by atoms with E-state index in [2.05, 4.69) is 5.10 Å². The van der Waals surface area contributed by atoms with Gasteiger partial charge in [0, 0.05) is 12.7 Å². The standard InChI is InChI=1S/C15H16FN3O4S/c1-10-8-17-18(9-10)13-5-4-11(7-12(13)16)24(22,23)19-6-2-3-14(19)15(20)21/h4-5,7-9,14H,2-3,6H2,1H3,(H,20,21). The van der Waals surface area contributed by atoms with Crippen molar-refractivity contribution in [2.24, 2.45) is 0 Å². The fourth-order valence-electron chi connectivity index (χ4n) is 2.79. The quantitative estimate of drug-likeness (QED) is 0.900. The van der Waals surface area contributed by atoms with Crippen LogP contribution in [0.15, 0.2) is 35.5 Å². The van der Waals surface area contributed by atoms with E-state index in [-0.39, 0.29) is 23.5 Å². The smallest absolute Gasteiger partial charge is 0.322 e. The summed E-state index contributed by atoms with van der Waals surface area (Å²) in [7, 11) is -4.07. The van der Waals surface area contributed by atoms with Crippen molar-refractivity contribution in [3.8, 4) is 5.69 Å². The van der Waals surface area contributed by atoms with E-state index >= 15 is 0 Å². The topological polar surface area (TPSA) is 92.5 Å². The van der Waals surface area contributed by atoms with Gasteiger partial charge < -0.3 is 5.11 Å². The molecule has 1 saturated heterocycles. The van der Waals surface area contributed by atoms with Crippen LogP contribution in [0, 0.1) is 12.7 Å². The van der Waals surface area contributed by atoms with Crippen molar-refractivity contribution in [1.29, 1.82) is 0 Å². The second kappa shape index (κ2) is 5.99. The largest absolute Gasteiger partial charge is 0.480 e. The van der Waals surface area contributed by atoms with E-state index in [0.29, 0.717) is 6.42 Å². The Labute approximate surface area is 138 Å². The molecule has 3 rings (SSSR count). The maximum Gasteiger partial charge on any atom is 0.322 e. The minimum Gasteiger partial charge on any atom is -0.480 e. The van der Waals surface area contributed by atoms with Crippen LogP contribution in [-0.4, -0.2) is 46.2 Å². The summed E-state index contributed by atoms with van der Waals surface area (Å²) in [6.07, 6.45) is 3.89. The molecule has 24 heavy (non-hydrogen) atoms. The molecule has 1 aromatic carbocycles. The molecule has 1 atom stereocenters. The predicted octanol–water partition coefficient (Wildman–Crippen LogP) is 1.56. The normalized spacial score (nSPS) is 18.8. The number of carbonyl (C=O) groups is 1. The van der Waals surface area contributed by atoms with Crippen LogP contribution < -0.4 is 0 Å². The number of benzene rings is 1. The van der Waals surface area contributed by atoms with Crippen molar-refractivity contribution < 1.29 is 22.7 Å². The van der Waals surface area contributed by atoms with Gasteiger partial charge in [-0.3, -0.25) is 4.79 Å². The van der Waals surface area contributed by atoms with Crippen LogP contribution in [0.2, 0.25) is 0 Å². The molecular weight excluding hydrogens is 337 g/mol. The average Bonchev–Trinajstić information content (AvgIpc) is 3.16. The first-order chi connectivity index (χ1) is 11.3. The Bertz CT molecular complexity index is 894. The van der Waals surface area contributed by atoms with E-state index in [0.717, 1.165) is 15.9 Å². The van der Waals surface area contributed by atoms with Crippen LogP contribution >= 0.6 is 0 Å². The maximum absolute atomic E-state index is 14.4. The number of hydrogen-bond donors (Lipinski definition) is 1. The summed E-state index contributed by atoms with van der Waals surface area (Å²) in [5, 5.41) is 13.1. The summed E-state index contributed by atoms with van der Waals surface area (Å²) in [4.78, 5) is 10.9. The third kappa shape index (κ3) is 2.80. The van der Waals surface area contributed by atoms with Crippen molar-refractivity contribution in [3.05, 3.63) is 42.0 Å². The summed E-state index contributed by atoms with van der Waals surface area (Å²) >= 11 is 0. The SMILES string of the molecule is Cc1cnn(-c2ccc(S(=O)(=O)N3CCCC3C(=O)O)cc2F)c1. The third-order valence-corrected chi connectivity index (χ3v) is 5.88. The number of hydrogen-bond acceptors (Lipinski definition) is 4. The van der Waals surface area contributed by atoms with E-state index in [1.807, 2.05) is 0 Å². The maximum atomic E-state index is 14.4. The lowest BCUT2D eigenvalue weighted by Gasteiger charge is -2.21.